The highest BCUT2D eigenvalue weighted by atomic mass is 35.5. The lowest BCUT2D eigenvalue weighted by atomic mass is 10.0. The summed E-state index contributed by atoms with van der Waals surface area (Å²) in [5, 5.41) is 3.36. The predicted molar refractivity (Wildman–Crippen MR) is 76.2 cm³/mol. The number of piperazine rings is 1. The summed E-state index contributed by atoms with van der Waals surface area (Å²) in [6.45, 7) is 8.94. The average molecular weight is 276 g/mol. The molecule has 0 spiro atoms. The molecule has 2 fully saturated rings. The first-order valence-electron chi connectivity index (χ1n) is 6.92. The van der Waals surface area contributed by atoms with Gasteiger partial charge in [-0.15, -0.1) is 12.4 Å². The van der Waals surface area contributed by atoms with E-state index in [4.69, 9.17) is 0 Å². The van der Waals surface area contributed by atoms with Gasteiger partial charge in [-0.1, -0.05) is 0 Å². The molecule has 2 aliphatic rings. The maximum Gasteiger partial charge on any atom is 0.236 e. The van der Waals surface area contributed by atoms with Crippen molar-refractivity contribution in [2.24, 2.45) is 0 Å². The monoisotopic (exact) mass is 275 g/mol. The zero-order valence-corrected chi connectivity index (χ0v) is 12.3. The third-order valence-electron chi connectivity index (χ3n) is 4.10. The molecule has 0 aromatic rings. The van der Waals surface area contributed by atoms with Gasteiger partial charge in [-0.05, 0) is 33.1 Å². The lowest BCUT2D eigenvalue weighted by molar-refractivity contribution is -0.136. The maximum absolute atomic E-state index is 12.3. The standard InChI is InChI=1S/C13H25N3O.ClH/c1-11-5-3-4-7-16(11)13(17)10-15-8-6-14-9-12(15)2;/h11-12,14H,3-10H2,1-2H3;1H/t11?,12-;/m0./s1. The largest absolute Gasteiger partial charge is 0.339 e. The molecule has 0 radical (unpaired) electrons. The van der Waals surface area contributed by atoms with Crippen LogP contribution in [0.25, 0.3) is 0 Å². The number of carbonyl (C=O) groups is 1. The zero-order valence-electron chi connectivity index (χ0n) is 11.5. The Bertz CT molecular complexity index is 275. The van der Waals surface area contributed by atoms with E-state index in [0.29, 0.717) is 24.5 Å². The number of rotatable bonds is 2. The molecular weight excluding hydrogens is 250 g/mol. The molecule has 1 amide bonds. The van der Waals surface area contributed by atoms with Crippen LogP contribution in [0, 0.1) is 0 Å². The van der Waals surface area contributed by atoms with E-state index in [-0.39, 0.29) is 12.4 Å². The molecule has 106 valence electrons. The molecule has 2 atom stereocenters. The van der Waals surface area contributed by atoms with Crippen molar-refractivity contribution < 1.29 is 4.79 Å². The van der Waals surface area contributed by atoms with E-state index in [0.717, 1.165) is 26.2 Å². The van der Waals surface area contributed by atoms with Gasteiger partial charge in [-0.2, -0.15) is 0 Å². The van der Waals surface area contributed by atoms with E-state index < -0.39 is 0 Å². The van der Waals surface area contributed by atoms with E-state index in [2.05, 4.69) is 29.0 Å². The van der Waals surface area contributed by atoms with Gasteiger partial charge in [-0.3, -0.25) is 9.69 Å². The number of nitrogens with one attached hydrogen (secondary N) is 1. The number of piperidine rings is 1. The first kappa shape index (κ1) is 15.7. The third kappa shape index (κ3) is 3.84. The third-order valence-corrected chi connectivity index (χ3v) is 4.10. The van der Waals surface area contributed by atoms with Crippen LogP contribution in [0.5, 0.6) is 0 Å². The van der Waals surface area contributed by atoms with Gasteiger partial charge in [0.2, 0.25) is 5.91 Å². The Hall–Kier alpha value is -0.320. The number of amides is 1. The van der Waals surface area contributed by atoms with Crippen molar-refractivity contribution in [1.29, 1.82) is 0 Å². The van der Waals surface area contributed by atoms with Gasteiger partial charge in [0.05, 0.1) is 6.54 Å². The molecule has 1 N–H and O–H groups in total. The minimum absolute atomic E-state index is 0. The van der Waals surface area contributed by atoms with Crippen molar-refractivity contribution in [3.05, 3.63) is 0 Å². The molecule has 0 aromatic heterocycles. The van der Waals surface area contributed by atoms with Gasteiger partial charge >= 0.3 is 0 Å². The van der Waals surface area contributed by atoms with E-state index in [1.165, 1.54) is 19.3 Å². The van der Waals surface area contributed by atoms with Crippen LogP contribution in [-0.2, 0) is 4.79 Å². The summed E-state index contributed by atoms with van der Waals surface area (Å²) in [7, 11) is 0. The normalized spacial score (nSPS) is 29.8. The second-order valence-corrected chi connectivity index (χ2v) is 5.46. The number of carbonyl (C=O) groups excluding carboxylic acids is 1. The Balaban J connectivity index is 0.00000162. The Morgan fingerprint density at radius 1 is 1.22 bits per heavy atom. The minimum atomic E-state index is 0. The highest BCUT2D eigenvalue weighted by Gasteiger charge is 2.26. The SMILES string of the molecule is CC1CCCCN1C(=O)CN1CCNC[C@@H]1C.Cl. The fraction of sp³-hybridized carbons (Fsp3) is 0.923. The van der Waals surface area contributed by atoms with Gasteiger partial charge in [0.25, 0.3) is 0 Å². The van der Waals surface area contributed by atoms with Crippen LogP contribution in [0.2, 0.25) is 0 Å². The smallest absolute Gasteiger partial charge is 0.236 e. The van der Waals surface area contributed by atoms with Crippen LogP contribution in [-0.4, -0.2) is 60.5 Å². The second kappa shape index (κ2) is 7.31. The quantitative estimate of drug-likeness (QED) is 0.820. The van der Waals surface area contributed by atoms with Crippen LogP contribution in [0.1, 0.15) is 33.1 Å². The summed E-state index contributed by atoms with van der Waals surface area (Å²) in [6, 6.07) is 0.919. The second-order valence-electron chi connectivity index (χ2n) is 5.46. The molecule has 0 aromatic carbocycles. The Kier molecular flexibility index (Phi) is 6.39. The minimum Gasteiger partial charge on any atom is -0.339 e. The molecule has 18 heavy (non-hydrogen) atoms. The molecule has 0 aliphatic carbocycles. The van der Waals surface area contributed by atoms with Crippen LogP contribution < -0.4 is 5.32 Å². The molecule has 2 rings (SSSR count). The number of hydrogen-bond donors (Lipinski definition) is 1. The first-order chi connectivity index (χ1) is 8.18. The summed E-state index contributed by atoms with van der Waals surface area (Å²) < 4.78 is 0. The van der Waals surface area contributed by atoms with Crippen molar-refractivity contribution in [2.45, 2.75) is 45.2 Å². The Morgan fingerprint density at radius 3 is 2.67 bits per heavy atom. The molecule has 2 saturated heterocycles. The van der Waals surface area contributed by atoms with Crippen LogP contribution in [0.15, 0.2) is 0 Å². The summed E-state index contributed by atoms with van der Waals surface area (Å²) in [4.78, 5) is 16.7. The van der Waals surface area contributed by atoms with E-state index >= 15 is 0 Å². The van der Waals surface area contributed by atoms with E-state index in [9.17, 15) is 4.79 Å². The molecule has 2 aliphatic heterocycles. The van der Waals surface area contributed by atoms with Gasteiger partial charge in [-0.25, -0.2) is 0 Å². The summed E-state index contributed by atoms with van der Waals surface area (Å²) in [5.41, 5.74) is 0. The van der Waals surface area contributed by atoms with Crippen molar-refractivity contribution in [1.82, 2.24) is 15.1 Å². The van der Waals surface area contributed by atoms with E-state index in [1.807, 2.05) is 0 Å². The molecule has 4 nitrogen and oxygen atoms in total. The summed E-state index contributed by atoms with van der Waals surface area (Å²) >= 11 is 0. The van der Waals surface area contributed by atoms with Gasteiger partial charge in [0.1, 0.15) is 0 Å². The number of nitrogens with zero attached hydrogens (tertiary/aromatic N) is 2. The highest BCUT2D eigenvalue weighted by Crippen LogP contribution is 2.17. The Labute approximate surface area is 116 Å². The lowest BCUT2D eigenvalue weighted by Gasteiger charge is -2.38. The molecule has 2 heterocycles. The maximum atomic E-state index is 12.3. The zero-order chi connectivity index (χ0) is 12.3. The van der Waals surface area contributed by atoms with Crippen LogP contribution in [0.4, 0.5) is 0 Å². The highest BCUT2D eigenvalue weighted by molar-refractivity contribution is 5.85. The van der Waals surface area contributed by atoms with Crippen LogP contribution in [0.3, 0.4) is 0 Å². The fourth-order valence-corrected chi connectivity index (χ4v) is 2.85. The summed E-state index contributed by atoms with van der Waals surface area (Å²) in [5.74, 6) is 0.325. The Morgan fingerprint density at radius 2 is 2.00 bits per heavy atom. The van der Waals surface area contributed by atoms with Gasteiger partial charge in [0.15, 0.2) is 0 Å². The van der Waals surface area contributed by atoms with Gasteiger partial charge in [0, 0.05) is 38.3 Å². The molecular formula is C13H26ClN3O. The topological polar surface area (TPSA) is 35.6 Å². The first-order valence-corrected chi connectivity index (χ1v) is 6.92. The fourth-order valence-electron chi connectivity index (χ4n) is 2.85. The number of hydrogen-bond acceptors (Lipinski definition) is 3. The summed E-state index contributed by atoms with van der Waals surface area (Å²) in [6.07, 6.45) is 3.62. The van der Waals surface area contributed by atoms with Crippen molar-refractivity contribution in [2.75, 3.05) is 32.7 Å². The van der Waals surface area contributed by atoms with Crippen molar-refractivity contribution >= 4 is 18.3 Å². The molecule has 1 unspecified atom stereocenters. The van der Waals surface area contributed by atoms with Crippen molar-refractivity contribution in [3.63, 3.8) is 0 Å². The average Bonchev–Trinajstić information content (AvgIpc) is 2.32. The lowest BCUT2D eigenvalue weighted by Crippen LogP contribution is -2.54. The van der Waals surface area contributed by atoms with Gasteiger partial charge < -0.3 is 10.2 Å². The predicted octanol–water partition coefficient (Wildman–Crippen LogP) is 1.10. The number of halogens is 1. The molecule has 0 saturated carbocycles. The van der Waals surface area contributed by atoms with E-state index in [1.54, 1.807) is 0 Å². The molecule has 0 bridgehead atoms. The van der Waals surface area contributed by atoms with Crippen molar-refractivity contribution in [3.8, 4) is 0 Å². The number of likely N-dealkylation sites (tertiary alicyclic amines) is 1. The van der Waals surface area contributed by atoms with Crippen LogP contribution >= 0.6 is 12.4 Å². The molecule has 5 heteroatoms.